The number of nitrogens with zero attached hydrogens (tertiary/aromatic N) is 5. The van der Waals surface area contributed by atoms with E-state index in [1.54, 1.807) is 28.8 Å². The van der Waals surface area contributed by atoms with Crippen molar-refractivity contribution in [3.63, 3.8) is 0 Å². The van der Waals surface area contributed by atoms with Gasteiger partial charge in [-0.1, -0.05) is 12.1 Å². The highest BCUT2D eigenvalue weighted by atomic mass is 16.1. The summed E-state index contributed by atoms with van der Waals surface area (Å²) in [5.74, 6) is 1.39. The van der Waals surface area contributed by atoms with Gasteiger partial charge >= 0.3 is 0 Å². The molecule has 0 bridgehead atoms. The Morgan fingerprint density at radius 2 is 1.93 bits per heavy atom. The van der Waals surface area contributed by atoms with E-state index in [0.29, 0.717) is 29.1 Å². The van der Waals surface area contributed by atoms with Crippen LogP contribution in [0.1, 0.15) is 42.4 Å². The highest BCUT2D eigenvalue weighted by Crippen LogP contribution is 2.18. The molecule has 0 radical (unpaired) electrons. The second-order valence-corrected chi connectivity index (χ2v) is 6.96. The van der Waals surface area contributed by atoms with Crippen molar-refractivity contribution in [1.82, 2.24) is 19.8 Å². The summed E-state index contributed by atoms with van der Waals surface area (Å²) in [5.41, 5.74) is 1.85. The number of fused-ring (bicyclic) bond motifs is 1. The van der Waals surface area contributed by atoms with Crippen LogP contribution in [-0.2, 0) is 11.2 Å². The van der Waals surface area contributed by atoms with Gasteiger partial charge in [-0.3, -0.25) is 9.59 Å². The van der Waals surface area contributed by atoms with E-state index in [1.165, 1.54) is 19.8 Å². The number of aryl methyl sites for hydroxylation is 1. The van der Waals surface area contributed by atoms with Crippen LogP contribution in [0.4, 0.5) is 11.5 Å². The lowest BCUT2D eigenvalue weighted by Crippen LogP contribution is -2.20. The number of ketones is 1. The molecule has 3 heterocycles. The standard InChI is InChI=1S/C20H22N6O2/c1-14(27)15-5-4-6-16(13-15)21-20(28)10-9-18-23-22-17-7-8-19(24-26(17)18)25-11-2-3-12-25/h4-8,13H,2-3,9-12H2,1H3,(H,21,28). The van der Waals surface area contributed by atoms with Gasteiger partial charge in [0.2, 0.25) is 5.91 Å². The Balaban J connectivity index is 1.43. The lowest BCUT2D eigenvalue weighted by atomic mass is 10.1. The van der Waals surface area contributed by atoms with E-state index in [-0.39, 0.29) is 18.1 Å². The van der Waals surface area contributed by atoms with Gasteiger partial charge in [0.1, 0.15) is 5.82 Å². The first-order valence-electron chi connectivity index (χ1n) is 9.47. The summed E-state index contributed by atoms with van der Waals surface area (Å²) in [7, 11) is 0. The third-order valence-electron chi connectivity index (χ3n) is 4.87. The quantitative estimate of drug-likeness (QED) is 0.663. The Morgan fingerprint density at radius 3 is 2.71 bits per heavy atom. The maximum Gasteiger partial charge on any atom is 0.224 e. The predicted octanol–water partition coefficient (Wildman–Crippen LogP) is 2.50. The first-order valence-corrected chi connectivity index (χ1v) is 9.47. The number of carbonyl (C=O) groups excluding carboxylic acids is 2. The van der Waals surface area contributed by atoms with Gasteiger partial charge in [0.25, 0.3) is 0 Å². The molecular formula is C20H22N6O2. The number of anilines is 2. The zero-order valence-corrected chi connectivity index (χ0v) is 15.8. The first kappa shape index (κ1) is 18.1. The van der Waals surface area contributed by atoms with Crippen molar-refractivity contribution in [3.8, 4) is 0 Å². The van der Waals surface area contributed by atoms with Gasteiger partial charge in [-0.25, -0.2) is 0 Å². The number of carbonyl (C=O) groups is 2. The van der Waals surface area contributed by atoms with E-state index in [2.05, 4.69) is 25.5 Å². The smallest absolute Gasteiger partial charge is 0.224 e. The molecule has 0 saturated carbocycles. The molecule has 1 aromatic carbocycles. The summed E-state index contributed by atoms with van der Waals surface area (Å²) < 4.78 is 1.72. The summed E-state index contributed by atoms with van der Waals surface area (Å²) in [4.78, 5) is 26.0. The molecule has 8 nitrogen and oxygen atoms in total. The minimum Gasteiger partial charge on any atom is -0.355 e. The van der Waals surface area contributed by atoms with Crippen LogP contribution in [0.15, 0.2) is 36.4 Å². The van der Waals surface area contributed by atoms with Gasteiger partial charge in [-0.15, -0.1) is 15.3 Å². The van der Waals surface area contributed by atoms with Gasteiger partial charge < -0.3 is 10.2 Å². The molecule has 28 heavy (non-hydrogen) atoms. The zero-order chi connectivity index (χ0) is 19.5. The molecule has 4 rings (SSSR count). The highest BCUT2D eigenvalue weighted by molar-refractivity contribution is 5.97. The summed E-state index contributed by atoms with van der Waals surface area (Å²) >= 11 is 0. The lowest BCUT2D eigenvalue weighted by Gasteiger charge is -2.15. The number of rotatable bonds is 6. The van der Waals surface area contributed by atoms with Gasteiger partial charge in [0.15, 0.2) is 17.3 Å². The fraction of sp³-hybridized carbons (Fsp3) is 0.350. The van der Waals surface area contributed by atoms with Crippen molar-refractivity contribution in [1.29, 1.82) is 0 Å². The van der Waals surface area contributed by atoms with Crippen molar-refractivity contribution < 1.29 is 9.59 Å². The van der Waals surface area contributed by atoms with Crippen molar-refractivity contribution in [2.45, 2.75) is 32.6 Å². The summed E-state index contributed by atoms with van der Waals surface area (Å²) in [5, 5.41) is 15.8. The van der Waals surface area contributed by atoms with E-state index in [4.69, 9.17) is 0 Å². The molecule has 0 unspecified atom stereocenters. The Morgan fingerprint density at radius 1 is 1.11 bits per heavy atom. The Labute approximate surface area is 162 Å². The Bertz CT molecular complexity index is 1020. The van der Waals surface area contributed by atoms with Crippen molar-refractivity contribution in [3.05, 3.63) is 47.8 Å². The molecule has 1 N–H and O–H groups in total. The van der Waals surface area contributed by atoms with Crippen molar-refractivity contribution in [2.24, 2.45) is 0 Å². The number of hydrogen-bond donors (Lipinski definition) is 1. The molecule has 1 aliphatic rings. The van der Waals surface area contributed by atoms with Crippen molar-refractivity contribution >= 4 is 28.8 Å². The number of aromatic nitrogens is 4. The molecule has 1 fully saturated rings. The van der Waals surface area contributed by atoms with Crippen LogP contribution >= 0.6 is 0 Å². The highest BCUT2D eigenvalue weighted by Gasteiger charge is 2.16. The van der Waals surface area contributed by atoms with E-state index in [0.717, 1.165) is 18.9 Å². The molecule has 1 aliphatic heterocycles. The average molecular weight is 378 g/mol. The molecule has 3 aromatic rings. The second-order valence-electron chi connectivity index (χ2n) is 6.96. The van der Waals surface area contributed by atoms with Crippen LogP contribution in [0.25, 0.3) is 5.65 Å². The maximum absolute atomic E-state index is 12.3. The first-order chi connectivity index (χ1) is 13.6. The summed E-state index contributed by atoms with van der Waals surface area (Å²) in [6, 6.07) is 10.8. The van der Waals surface area contributed by atoms with E-state index < -0.39 is 0 Å². The van der Waals surface area contributed by atoms with Crippen LogP contribution < -0.4 is 10.2 Å². The van der Waals surface area contributed by atoms with Crippen LogP contribution in [0.3, 0.4) is 0 Å². The fourth-order valence-corrected chi connectivity index (χ4v) is 3.36. The lowest BCUT2D eigenvalue weighted by molar-refractivity contribution is -0.116. The molecule has 144 valence electrons. The Hall–Kier alpha value is -3.29. The van der Waals surface area contributed by atoms with Crippen molar-refractivity contribution in [2.75, 3.05) is 23.3 Å². The summed E-state index contributed by atoms with van der Waals surface area (Å²) in [6.07, 6.45) is 3.04. The zero-order valence-electron chi connectivity index (χ0n) is 15.8. The number of Topliss-reactive ketones (excluding diaryl/α,β-unsaturated/α-hetero) is 1. The number of amides is 1. The van der Waals surface area contributed by atoms with Gasteiger partial charge in [-0.2, -0.15) is 4.52 Å². The van der Waals surface area contributed by atoms with E-state index in [1.807, 2.05) is 12.1 Å². The van der Waals surface area contributed by atoms with Gasteiger partial charge in [0, 0.05) is 37.2 Å². The Kier molecular flexibility index (Phi) is 5.01. The van der Waals surface area contributed by atoms with Crippen LogP contribution in [0.2, 0.25) is 0 Å². The third kappa shape index (κ3) is 3.85. The molecular weight excluding hydrogens is 356 g/mol. The maximum atomic E-state index is 12.3. The number of nitrogens with one attached hydrogen (secondary N) is 1. The number of benzene rings is 1. The van der Waals surface area contributed by atoms with E-state index >= 15 is 0 Å². The third-order valence-corrected chi connectivity index (χ3v) is 4.87. The monoisotopic (exact) mass is 378 g/mol. The van der Waals surface area contributed by atoms with Gasteiger partial charge in [0.05, 0.1) is 0 Å². The minimum atomic E-state index is -0.145. The average Bonchev–Trinajstić information content (AvgIpc) is 3.36. The SMILES string of the molecule is CC(=O)c1cccc(NC(=O)CCc2nnc3ccc(N4CCCC4)nn23)c1. The fourth-order valence-electron chi connectivity index (χ4n) is 3.36. The molecule has 1 saturated heterocycles. The molecule has 0 aliphatic carbocycles. The predicted molar refractivity (Wildman–Crippen MR) is 106 cm³/mol. The molecule has 1 amide bonds. The largest absolute Gasteiger partial charge is 0.355 e. The topological polar surface area (TPSA) is 92.5 Å². The van der Waals surface area contributed by atoms with Gasteiger partial charge in [-0.05, 0) is 44.0 Å². The second kappa shape index (κ2) is 7.75. The van der Waals surface area contributed by atoms with Crippen LogP contribution in [0.5, 0.6) is 0 Å². The molecule has 8 heteroatoms. The minimum absolute atomic E-state index is 0.0362. The molecule has 2 aromatic heterocycles. The normalized spacial score (nSPS) is 13.8. The van der Waals surface area contributed by atoms with Crippen LogP contribution in [-0.4, -0.2) is 44.6 Å². The van der Waals surface area contributed by atoms with E-state index in [9.17, 15) is 9.59 Å². The number of hydrogen-bond acceptors (Lipinski definition) is 6. The summed E-state index contributed by atoms with van der Waals surface area (Å²) in [6.45, 7) is 3.52. The molecule has 0 atom stereocenters. The van der Waals surface area contributed by atoms with Crippen LogP contribution in [0, 0.1) is 0 Å². The molecule has 0 spiro atoms.